The van der Waals surface area contributed by atoms with Crippen LogP contribution in [0.5, 0.6) is 0 Å². The Kier molecular flexibility index (Phi) is 51.0. The van der Waals surface area contributed by atoms with E-state index in [1.54, 1.807) is 0 Å². The standard InChI is InChI=1S/2C10H16N2O8.2ClH.K.H2O.2Ru/c2*13-7(14)3-11(4-8(15)16)1-2-12(5-9(17)18)6-10(19)20;;;;;;/h2*1-6H2,(H,13,14)(H,15,16)(H,17,18)(H,19,20);2*1H;;1H2;;/q;;;;+1;;2*+3/p-2. The molecule has 0 aromatic heterocycles. The van der Waals surface area contributed by atoms with E-state index in [2.05, 4.69) is 0 Å². The van der Waals surface area contributed by atoms with E-state index >= 15 is 0 Å². The number of halogens is 2. The quantitative estimate of drug-likeness (QED) is 0.0468. The van der Waals surface area contributed by atoms with Crippen LogP contribution in [0.3, 0.4) is 0 Å². The molecule has 0 atom stereocenters. The average Bonchev–Trinajstić information content (AvgIpc) is 2.72. The summed E-state index contributed by atoms with van der Waals surface area (Å²) in [6, 6.07) is 0. The van der Waals surface area contributed by atoms with E-state index in [4.69, 9.17) is 40.9 Å². The minimum Gasteiger partial charge on any atom is -1.00 e. The van der Waals surface area contributed by atoms with E-state index in [1.807, 2.05) is 0 Å². The molecule has 21 nitrogen and oxygen atoms in total. The van der Waals surface area contributed by atoms with Gasteiger partial charge >= 0.3 is 138 Å². The fourth-order valence-electron chi connectivity index (χ4n) is 2.95. The predicted octanol–water partition coefficient (Wildman–Crippen LogP) is -14.0. The third-order valence-corrected chi connectivity index (χ3v) is 4.34. The maximum Gasteiger partial charge on any atom is 3.00 e. The van der Waals surface area contributed by atoms with Crippen LogP contribution in [-0.4, -0.2) is 192 Å². The minimum absolute atomic E-state index is 0. The Morgan fingerprint density at radius 1 is 0.326 bits per heavy atom. The number of rotatable bonds is 22. The van der Waals surface area contributed by atoms with Gasteiger partial charge in [0.25, 0.3) is 0 Å². The Hall–Kier alpha value is -0.977. The first-order valence-corrected chi connectivity index (χ1v) is 11.0. The normalized spacial score (nSPS) is 9.30. The van der Waals surface area contributed by atoms with Crippen molar-refractivity contribution in [3.63, 3.8) is 0 Å². The summed E-state index contributed by atoms with van der Waals surface area (Å²) in [5, 5.41) is 68.9. The molecular weight excluding hydrogens is 880 g/mol. The minimum atomic E-state index is -1.23. The molecule has 2 radical (unpaired) electrons. The summed E-state index contributed by atoms with van der Waals surface area (Å²) in [7, 11) is 0. The Labute approximate surface area is 342 Å². The summed E-state index contributed by atoms with van der Waals surface area (Å²) in [4.78, 5) is 88.7. The van der Waals surface area contributed by atoms with Gasteiger partial charge in [0.05, 0.1) is 52.4 Å². The van der Waals surface area contributed by atoms with Crippen molar-refractivity contribution in [2.24, 2.45) is 0 Å². The molecular formula is C20H34Cl2KN4O17Ru2+5. The van der Waals surface area contributed by atoms with E-state index < -0.39 is 100 Å². The van der Waals surface area contributed by atoms with Crippen LogP contribution < -0.4 is 76.2 Å². The van der Waals surface area contributed by atoms with Crippen molar-refractivity contribution in [3.8, 4) is 0 Å². The van der Waals surface area contributed by atoms with Crippen LogP contribution in [0.2, 0.25) is 0 Å². The fourth-order valence-corrected chi connectivity index (χ4v) is 2.95. The van der Waals surface area contributed by atoms with Gasteiger partial charge in [-0.2, -0.15) is 0 Å². The number of carboxylic acids is 8. The van der Waals surface area contributed by atoms with Crippen molar-refractivity contribution in [1.29, 1.82) is 0 Å². The van der Waals surface area contributed by atoms with E-state index in [9.17, 15) is 38.4 Å². The molecule has 0 aliphatic rings. The first-order chi connectivity index (χ1) is 18.4. The summed E-state index contributed by atoms with van der Waals surface area (Å²) in [6.07, 6.45) is 0. The first kappa shape index (κ1) is 63.7. The van der Waals surface area contributed by atoms with Crippen LogP contribution in [-0.2, 0) is 77.3 Å². The third-order valence-electron chi connectivity index (χ3n) is 4.34. The van der Waals surface area contributed by atoms with E-state index in [-0.39, 0.29) is 147 Å². The van der Waals surface area contributed by atoms with Crippen molar-refractivity contribution in [2.45, 2.75) is 0 Å². The number of carboxylic acid groups (broad SMARTS) is 8. The maximum absolute atomic E-state index is 10.6. The van der Waals surface area contributed by atoms with Crippen molar-refractivity contribution < 1.29 is 200 Å². The summed E-state index contributed by atoms with van der Waals surface area (Å²) in [6.45, 7) is -4.50. The molecule has 46 heavy (non-hydrogen) atoms. The largest absolute Gasteiger partial charge is 3.00 e. The van der Waals surface area contributed by atoms with E-state index in [1.165, 1.54) is 0 Å². The van der Waals surface area contributed by atoms with Crippen LogP contribution in [0.1, 0.15) is 0 Å². The molecule has 0 spiro atoms. The number of hydrogen-bond donors (Lipinski definition) is 8. The molecule has 262 valence electrons. The molecule has 0 heterocycles. The molecule has 0 aliphatic carbocycles. The van der Waals surface area contributed by atoms with Crippen LogP contribution in [0.15, 0.2) is 0 Å². The van der Waals surface area contributed by atoms with Gasteiger partial charge < -0.3 is 71.1 Å². The number of hydrogen-bond acceptors (Lipinski definition) is 12. The molecule has 0 bridgehead atoms. The van der Waals surface area contributed by atoms with Gasteiger partial charge in [-0.25, -0.2) is 0 Å². The molecule has 0 amide bonds. The van der Waals surface area contributed by atoms with Crippen molar-refractivity contribution in [1.82, 2.24) is 19.6 Å². The molecule has 0 saturated heterocycles. The van der Waals surface area contributed by atoms with Crippen molar-refractivity contribution in [3.05, 3.63) is 0 Å². The Morgan fingerprint density at radius 2 is 0.413 bits per heavy atom. The predicted molar refractivity (Wildman–Crippen MR) is 130 cm³/mol. The molecule has 0 rings (SSSR count). The molecule has 0 aromatic carbocycles. The fraction of sp³-hybridized carbons (Fsp3) is 0.600. The Balaban J connectivity index is -0.0000000926. The molecule has 0 saturated carbocycles. The zero-order valence-corrected chi connectivity index (χ0v) is 32.2. The van der Waals surface area contributed by atoms with Gasteiger partial charge in [0, 0.05) is 26.2 Å². The SMILES string of the molecule is O.O=C(O)CN(CCN(CC(=O)O)CC(=O)O)CC(=O)O.O=C(O)CN(CCN(CC(=O)O)CC(=O)O)CC(=O)O.[Cl-].[Cl-].[K+].[Ru+3].[Ru+3]. The van der Waals surface area contributed by atoms with Gasteiger partial charge in [-0.3, -0.25) is 58.0 Å². The number of nitrogens with zero attached hydrogens (tertiary/aromatic N) is 4. The van der Waals surface area contributed by atoms with Crippen LogP contribution in [0, 0.1) is 0 Å². The monoisotopic (exact) mass is 915 g/mol. The van der Waals surface area contributed by atoms with Crippen LogP contribution in [0.25, 0.3) is 0 Å². The van der Waals surface area contributed by atoms with Gasteiger partial charge in [0.1, 0.15) is 0 Å². The molecule has 26 heteroatoms. The second-order valence-electron chi connectivity index (χ2n) is 7.99. The maximum atomic E-state index is 10.6. The Morgan fingerprint density at radius 3 is 0.478 bits per heavy atom. The van der Waals surface area contributed by atoms with Gasteiger partial charge in [0.2, 0.25) is 0 Å². The van der Waals surface area contributed by atoms with Crippen LogP contribution in [0.4, 0.5) is 0 Å². The van der Waals surface area contributed by atoms with Gasteiger partial charge in [-0.05, 0) is 0 Å². The van der Waals surface area contributed by atoms with Gasteiger partial charge in [-0.15, -0.1) is 0 Å². The summed E-state index contributed by atoms with van der Waals surface area (Å²) < 4.78 is 0. The number of carbonyl (C=O) groups is 8. The molecule has 10 N–H and O–H groups in total. The zero-order valence-electron chi connectivity index (χ0n) is 24.1. The molecule has 0 fully saturated rings. The number of aliphatic carboxylic acids is 8. The zero-order chi connectivity index (χ0) is 31.4. The third kappa shape index (κ3) is 45.1. The summed E-state index contributed by atoms with van der Waals surface area (Å²) >= 11 is 0. The summed E-state index contributed by atoms with van der Waals surface area (Å²) in [5.74, 6) is -9.82. The molecule has 0 unspecified atom stereocenters. The van der Waals surface area contributed by atoms with Crippen molar-refractivity contribution >= 4 is 47.8 Å². The van der Waals surface area contributed by atoms with Crippen LogP contribution >= 0.6 is 0 Å². The van der Waals surface area contributed by atoms with E-state index in [0.29, 0.717) is 0 Å². The summed E-state index contributed by atoms with van der Waals surface area (Å²) in [5.41, 5.74) is 0. The van der Waals surface area contributed by atoms with Gasteiger partial charge in [0.15, 0.2) is 0 Å². The topological polar surface area (TPSA) is 343 Å². The molecule has 0 aromatic rings. The second-order valence-corrected chi connectivity index (χ2v) is 7.99. The van der Waals surface area contributed by atoms with Gasteiger partial charge in [-0.1, -0.05) is 0 Å². The Bertz CT molecular complexity index is 735. The van der Waals surface area contributed by atoms with Crippen molar-refractivity contribution in [2.75, 3.05) is 78.5 Å². The van der Waals surface area contributed by atoms with E-state index in [0.717, 1.165) is 19.6 Å². The second kappa shape index (κ2) is 36.9. The molecule has 0 aliphatic heterocycles. The smallest absolute Gasteiger partial charge is 1.00 e. The first-order valence-electron chi connectivity index (χ1n) is 11.0. The average molecular weight is 915 g/mol.